The van der Waals surface area contributed by atoms with Crippen LogP contribution in [-0.2, 0) is 4.79 Å². The fourth-order valence-corrected chi connectivity index (χ4v) is 1.60. The van der Waals surface area contributed by atoms with E-state index in [1.807, 2.05) is 55.2 Å². The molecular weight excluding hydrogens is 212 g/mol. The molecule has 0 atom stereocenters. The maximum absolute atomic E-state index is 11.7. The van der Waals surface area contributed by atoms with Gasteiger partial charge in [-0.3, -0.25) is 4.79 Å². The summed E-state index contributed by atoms with van der Waals surface area (Å²) in [6.07, 6.45) is 0. The highest BCUT2D eigenvalue weighted by Crippen LogP contribution is 2.26. The number of hydrogen-bond donors (Lipinski definition) is 0. The van der Waals surface area contributed by atoms with Crippen molar-refractivity contribution in [1.82, 2.24) is 0 Å². The Morgan fingerprint density at radius 3 is 2.18 bits per heavy atom. The van der Waals surface area contributed by atoms with Gasteiger partial charge in [-0.15, -0.1) is 0 Å². The van der Waals surface area contributed by atoms with Gasteiger partial charge in [0.25, 0.3) is 0 Å². The lowest BCUT2D eigenvalue weighted by Gasteiger charge is -2.25. The first-order chi connectivity index (χ1) is 7.93. The van der Waals surface area contributed by atoms with Crippen LogP contribution in [-0.4, -0.2) is 33.5 Å². The van der Waals surface area contributed by atoms with Gasteiger partial charge in [0.2, 0.25) is 0 Å². The number of anilines is 2. The van der Waals surface area contributed by atoms with Gasteiger partial charge in [0.1, 0.15) is 0 Å². The highest BCUT2D eigenvalue weighted by molar-refractivity contribution is 5.97. The number of Topliss-reactive ketones (excluding diaryl/α,β-unsaturated/α-hetero) is 1. The quantitative estimate of drug-likeness (QED) is 0.728. The van der Waals surface area contributed by atoms with Crippen LogP contribution in [0.2, 0.25) is 0 Å². The molecular formula is C14H20N2O. The molecule has 0 radical (unpaired) electrons. The molecule has 0 aliphatic heterocycles. The number of ketones is 1. The smallest absolute Gasteiger partial charge is 0.177 e. The molecule has 92 valence electrons. The maximum Gasteiger partial charge on any atom is 0.177 e. The van der Waals surface area contributed by atoms with E-state index in [2.05, 4.69) is 6.58 Å². The van der Waals surface area contributed by atoms with E-state index in [9.17, 15) is 4.79 Å². The molecule has 0 aliphatic carbocycles. The van der Waals surface area contributed by atoms with E-state index in [1.54, 1.807) is 6.92 Å². The molecule has 0 bridgehead atoms. The number of hydrogen-bond acceptors (Lipinski definition) is 3. The average molecular weight is 232 g/mol. The third-order valence-electron chi connectivity index (χ3n) is 2.63. The summed E-state index contributed by atoms with van der Waals surface area (Å²) in [6, 6.07) is 8.02. The van der Waals surface area contributed by atoms with Gasteiger partial charge in [0, 0.05) is 21.1 Å². The fraction of sp³-hybridized carbons (Fsp3) is 0.357. The van der Waals surface area contributed by atoms with Gasteiger partial charge in [-0.1, -0.05) is 18.7 Å². The fourth-order valence-electron chi connectivity index (χ4n) is 1.60. The third-order valence-corrected chi connectivity index (χ3v) is 2.63. The second kappa shape index (κ2) is 5.53. The van der Waals surface area contributed by atoms with Gasteiger partial charge < -0.3 is 9.80 Å². The zero-order valence-electron chi connectivity index (χ0n) is 11.0. The topological polar surface area (TPSA) is 23.6 Å². The van der Waals surface area contributed by atoms with Crippen molar-refractivity contribution in [2.24, 2.45) is 0 Å². The molecule has 0 saturated heterocycles. The third kappa shape index (κ3) is 3.34. The molecule has 17 heavy (non-hydrogen) atoms. The van der Waals surface area contributed by atoms with Crippen molar-refractivity contribution >= 4 is 17.2 Å². The molecule has 0 aliphatic rings. The van der Waals surface area contributed by atoms with E-state index < -0.39 is 0 Å². The molecule has 0 N–H and O–H groups in total. The van der Waals surface area contributed by atoms with Crippen LogP contribution >= 0.6 is 0 Å². The summed E-state index contributed by atoms with van der Waals surface area (Å²) in [5.74, 6) is 0.0704. The van der Waals surface area contributed by atoms with Crippen LogP contribution in [0.3, 0.4) is 0 Å². The Kier molecular flexibility index (Phi) is 4.32. The number of benzene rings is 1. The predicted molar refractivity (Wildman–Crippen MR) is 73.9 cm³/mol. The van der Waals surface area contributed by atoms with Gasteiger partial charge in [0.05, 0.1) is 17.9 Å². The Morgan fingerprint density at radius 2 is 1.71 bits per heavy atom. The number of carbonyl (C=O) groups is 1. The monoisotopic (exact) mass is 232 g/mol. The second-order valence-electron chi connectivity index (χ2n) is 4.44. The van der Waals surface area contributed by atoms with E-state index in [0.717, 1.165) is 11.4 Å². The predicted octanol–water partition coefficient (Wildman–Crippen LogP) is 2.33. The first-order valence-corrected chi connectivity index (χ1v) is 5.59. The van der Waals surface area contributed by atoms with Crippen molar-refractivity contribution < 1.29 is 4.79 Å². The van der Waals surface area contributed by atoms with Gasteiger partial charge in [-0.05, 0) is 24.6 Å². The van der Waals surface area contributed by atoms with Crippen LogP contribution in [0.25, 0.3) is 0 Å². The molecule has 0 unspecified atom stereocenters. The van der Waals surface area contributed by atoms with Gasteiger partial charge >= 0.3 is 0 Å². The van der Waals surface area contributed by atoms with Crippen LogP contribution in [0, 0.1) is 0 Å². The van der Waals surface area contributed by atoms with Crippen molar-refractivity contribution in [3.8, 4) is 0 Å². The van der Waals surface area contributed by atoms with Gasteiger partial charge in [-0.2, -0.15) is 0 Å². The minimum atomic E-state index is 0.0704. The number of likely N-dealkylation sites (N-methyl/N-ethyl adjacent to an activating group) is 1. The molecule has 0 aromatic heterocycles. The van der Waals surface area contributed by atoms with E-state index in [-0.39, 0.29) is 5.78 Å². The normalized spacial score (nSPS) is 9.88. The average Bonchev–Trinajstić information content (AvgIpc) is 2.28. The summed E-state index contributed by atoms with van der Waals surface area (Å²) < 4.78 is 0. The highest BCUT2D eigenvalue weighted by atomic mass is 16.1. The summed E-state index contributed by atoms with van der Waals surface area (Å²) in [7, 11) is 5.91. The van der Waals surface area contributed by atoms with Crippen molar-refractivity contribution in [3.05, 3.63) is 36.4 Å². The Morgan fingerprint density at radius 1 is 1.18 bits per heavy atom. The van der Waals surface area contributed by atoms with E-state index >= 15 is 0 Å². The summed E-state index contributed by atoms with van der Waals surface area (Å²) in [4.78, 5) is 15.6. The largest absolute Gasteiger partial charge is 0.376 e. The maximum atomic E-state index is 11.7. The minimum absolute atomic E-state index is 0.0704. The lowest BCUT2D eigenvalue weighted by Crippen LogP contribution is -2.27. The highest BCUT2D eigenvalue weighted by Gasteiger charge is 2.12. The van der Waals surface area contributed by atoms with Crippen molar-refractivity contribution in [2.45, 2.75) is 6.92 Å². The first kappa shape index (κ1) is 13.3. The summed E-state index contributed by atoms with van der Waals surface area (Å²) >= 11 is 0. The molecule has 1 aromatic carbocycles. The standard InChI is InChI=1S/C14H20N2O/c1-11(2)14(17)10-16(5)13-9-7-6-8-12(13)15(3)4/h6-9H,1,10H2,2-5H3. The second-order valence-corrected chi connectivity index (χ2v) is 4.44. The number of nitrogens with zero attached hydrogens (tertiary/aromatic N) is 2. The van der Waals surface area contributed by atoms with E-state index in [4.69, 9.17) is 0 Å². The lowest BCUT2D eigenvalue weighted by atomic mass is 10.2. The minimum Gasteiger partial charge on any atom is -0.376 e. The molecule has 0 saturated carbocycles. The zero-order valence-corrected chi connectivity index (χ0v) is 11.0. The molecule has 3 heteroatoms. The zero-order chi connectivity index (χ0) is 13.0. The Balaban J connectivity index is 2.92. The van der Waals surface area contributed by atoms with Crippen LogP contribution < -0.4 is 9.80 Å². The van der Waals surface area contributed by atoms with E-state index in [1.165, 1.54) is 0 Å². The Hall–Kier alpha value is -1.77. The van der Waals surface area contributed by atoms with E-state index in [0.29, 0.717) is 12.1 Å². The van der Waals surface area contributed by atoms with Crippen molar-refractivity contribution in [3.63, 3.8) is 0 Å². The first-order valence-electron chi connectivity index (χ1n) is 5.59. The Labute approximate surface area is 103 Å². The SMILES string of the molecule is C=C(C)C(=O)CN(C)c1ccccc1N(C)C. The van der Waals surface area contributed by atoms with Crippen LogP contribution in [0.15, 0.2) is 36.4 Å². The van der Waals surface area contributed by atoms with Crippen LogP contribution in [0.5, 0.6) is 0 Å². The molecule has 0 amide bonds. The van der Waals surface area contributed by atoms with Gasteiger partial charge in [0.15, 0.2) is 5.78 Å². The summed E-state index contributed by atoms with van der Waals surface area (Å²) in [5.41, 5.74) is 2.75. The molecule has 1 rings (SSSR count). The number of rotatable bonds is 5. The lowest BCUT2D eigenvalue weighted by molar-refractivity contribution is -0.114. The summed E-state index contributed by atoms with van der Waals surface area (Å²) in [6.45, 7) is 5.78. The molecule has 0 heterocycles. The molecule has 1 aromatic rings. The molecule has 3 nitrogen and oxygen atoms in total. The van der Waals surface area contributed by atoms with Gasteiger partial charge in [-0.25, -0.2) is 0 Å². The number of para-hydroxylation sites is 2. The van der Waals surface area contributed by atoms with Crippen LogP contribution in [0.4, 0.5) is 11.4 Å². The summed E-state index contributed by atoms with van der Waals surface area (Å²) in [5, 5.41) is 0. The molecule has 0 fully saturated rings. The molecule has 0 spiro atoms. The number of carbonyl (C=O) groups excluding carboxylic acids is 1. The van der Waals surface area contributed by atoms with Crippen LogP contribution in [0.1, 0.15) is 6.92 Å². The van der Waals surface area contributed by atoms with Crippen molar-refractivity contribution in [1.29, 1.82) is 0 Å². The Bertz CT molecular complexity index is 424. The van der Waals surface area contributed by atoms with Crippen molar-refractivity contribution in [2.75, 3.05) is 37.5 Å².